The summed E-state index contributed by atoms with van der Waals surface area (Å²) in [6.45, 7) is 10.7. The van der Waals surface area contributed by atoms with Crippen LogP contribution in [0.2, 0.25) is 0 Å². The predicted octanol–water partition coefficient (Wildman–Crippen LogP) is 4.67. The van der Waals surface area contributed by atoms with E-state index >= 15 is 0 Å². The van der Waals surface area contributed by atoms with Crippen molar-refractivity contribution in [3.63, 3.8) is 0 Å². The van der Waals surface area contributed by atoms with Crippen molar-refractivity contribution in [3.05, 3.63) is 29.3 Å². The van der Waals surface area contributed by atoms with Crippen molar-refractivity contribution in [1.29, 1.82) is 0 Å². The average Bonchev–Trinajstić information content (AvgIpc) is 2.43. The lowest BCUT2D eigenvalue weighted by atomic mass is 9.87. The van der Waals surface area contributed by atoms with E-state index in [4.69, 9.17) is 4.74 Å². The van der Waals surface area contributed by atoms with Gasteiger partial charge in [-0.15, -0.1) is 0 Å². The van der Waals surface area contributed by atoms with Crippen LogP contribution in [0.3, 0.4) is 0 Å². The molecule has 1 aliphatic carbocycles. The highest BCUT2D eigenvalue weighted by molar-refractivity contribution is 5.35. The van der Waals surface area contributed by atoms with E-state index in [2.05, 4.69) is 51.2 Å². The van der Waals surface area contributed by atoms with Gasteiger partial charge >= 0.3 is 0 Å². The Morgan fingerprint density at radius 1 is 1.24 bits per heavy atom. The third-order valence-corrected chi connectivity index (χ3v) is 4.48. The molecule has 2 nitrogen and oxygen atoms in total. The number of aryl methyl sites for hydroxylation is 1. The molecule has 0 bridgehead atoms. The minimum atomic E-state index is 0.550. The Morgan fingerprint density at radius 2 is 2.05 bits per heavy atom. The van der Waals surface area contributed by atoms with Gasteiger partial charge in [-0.2, -0.15) is 0 Å². The van der Waals surface area contributed by atoms with E-state index in [0.717, 1.165) is 24.8 Å². The van der Waals surface area contributed by atoms with Gasteiger partial charge in [0.1, 0.15) is 12.4 Å². The first kappa shape index (κ1) is 16.4. The lowest BCUT2D eigenvalue weighted by Gasteiger charge is -2.27. The zero-order chi connectivity index (χ0) is 15.2. The van der Waals surface area contributed by atoms with Gasteiger partial charge in [0.2, 0.25) is 0 Å². The molecule has 0 amide bonds. The predicted molar refractivity (Wildman–Crippen MR) is 90.2 cm³/mol. The Hall–Kier alpha value is -1.02. The van der Waals surface area contributed by atoms with Crippen LogP contribution >= 0.6 is 0 Å². The van der Waals surface area contributed by atoms with E-state index < -0.39 is 0 Å². The second-order valence-electron chi connectivity index (χ2n) is 7.01. The molecule has 118 valence electrons. The maximum Gasteiger partial charge on any atom is 0.119 e. The van der Waals surface area contributed by atoms with Gasteiger partial charge in [0.15, 0.2) is 0 Å². The van der Waals surface area contributed by atoms with Crippen LogP contribution in [-0.4, -0.2) is 19.2 Å². The third kappa shape index (κ3) is 5.35. The summed E-state index contributed by atoms with van der Waals surface area (Å²) >= 11 is 0. The number of rotatable bonds is 6. The molecule has 21 heavy (non-hydrogen) atoms. The molecule has 2 unspecified atom stereocenters. The number of hydrogen-bond donors (Lipinski definition) is 1. The molecular weight excluding hydrogens is 258 g/mol. The molecule has 1 N–H and O–H groups in total. The summed E-state index contributed by atoms with van der Waals surface area (Å²) in [5.74, 6) is 2.44. The minimum absolute atomic E-state index is 0.550. The normalized spacial score (nSPS) is 22.5. The smallest absolute Gasteiger partial charge is 0.119 e. The molecule has 1 saturated carbocycles. The van der Waals surface area contributed by atoms with Crippen molar-refractivity contribution in [1.82, 2.24) is 5.32 Å². The number of ether oxygens (including phenoxy) is 1. The molecule has 1 aromatic carbocycles. The van der Waals surface area contributed by atoms with Crippen LogP contribution in [-0.2, 0) is 0 Å². The topological polar surface area (TPSA) is 21.3 Å². The van der Waals surface area contributed by atoms with Gasteiger partial charge in [-0.3, -0.25) is 0 Å². The molecule has 1 fully saturated rings. The molecule has 0 heterocycles. The SMILES string of the molecule is Cc1cc(OCCNC2CCCC(C)C2)cc(C(C)C)c1. The second kappa shape index (κ2) is 7.84. The van der Waals surface area contributed by atoms with Gasteiger partial charge in [0.05, 0.1) is 0 Å². The minimum Gasteiger partial charge on any atom is -0.492 e. The van der Waals surface area contributed by atoms with E-state index in [1.54, 1.807) is 0 Å². The number of nitrogens with one attached hydrogen (secondary N) is 1. The molecule has 2 rings (SSSR count). The lowest BCUT2D eigenvalue weighted by molar-refractivity contribution is 0.266. The summed E-state index contributed by atoms with van der Waals surface area (Å²) in [4.78, 5) is 0. The zero-order valence-corrected chi connectivity index (χ0v) is 14.1. The zero-order valence-electron chi connectivity index (χ0n) is 14.1. The van der Waals surface area contributed by atoms with E-state index in [1.165, 1.54) is 36.8 Å². The Kier molecular flexibility index (Phi) is 6.10. The average molecular weight is 289 g/mol. The molecule has 1 aliphatic rings. The van der Waals surface area contributed by atoms with Gasteiger partial charge in [0, 0.05) is 12.6 Å². The fraction of sp³-hybridized carbons (Fsp3) is 0.684. The standard InChI is InChI=1S/C19H31NO/c1-14(2)17-10-16(4)12-19(13-17)21-9-8-20-18-7-5-6-15(3)11-18/h10,12-15,18,20H,5-9,11H2,1-4H3. The van der Waals surface area contributed by atoms with E-state index in [1.807, 2.05) is 0 Å². The van der Waals surface area contributed by atoms with Gasteiger partial charge in [-0.25, -0.2) is 0 Å². The van der Waals surface area contributed by atoms with E-state index in [-0.39, 0.29) is 0 Å². The molecule has 2 atom stereocenters. The summed E-state index contributed by atoms with van der Waals surface area (Å²) in [6.07, 6.45) is 5.42. The quantitative estimate of drug-likeness (QED) is 0.769. The Morgan fingerprint density at radius 3 is 2.76 bits per heavy atom. The highest BCUT2D eigenvalue weighted by Gasteiger charge is 2.17. The molecular formula is C19H31NO. The Labute approximate surface area is 130 Å². The summed E-state index contributed by atoms with van der Waals surface area (Å²) in [5.41, 5.74) is 2.64. The first-order valence-corrected chi connectivity index (χ1v) is 8.52. The fourth-order valence-electron chi connectivity index (χ4n) is 3.24. The molecule has 2 heteroatoms. The van der Waals surface area contributed by atoms with Crippen molar-refractivity contribution in [2.45, 2.75) is 65.3 Å². The maximum absolute atomic E-state index is 5.93. The van der Waals surface area contributed by atoms with Crippen LogP contribution in [0.1, 0.15) is 63.5 Å². The fourth-order valence-corrected chi connectivity index (χ4v) is 3.24. The summed E-state index contributed by atoms with van der Waals surface area (Å²) < 4.78 is 5.93. The first-order valence-electron chi connectivity index (χ1n) is 8.52. The Bertz CT molecular complexity index is 441. The van der Waals surface area contributed by atoms with Crippen molar-refractivity contribution in [2.75, 3.05) is 13.2 Å². The van der Waals surface area contributed by atoms with Crippen LogP contribution in [0.25, 0.3) is 0 Å². The van der Waals surface area contributed by atoms with Gasteiger partial charge in [-0.05, 0) is 54.9 Å². The van der Waals surface area contributed by atoms with Crippen LogP contribution in [0.15, 0.2) is 18.2 Å². The van der Waals surface area contributed by atoms with Gasteiger partial charge in [-0.1, -0.05) is 39.7 Å². The van der Waals surface area contributed by atoms with Crippen molar-refractivity contribution < 1.29 is 4.74 Å². The molecule has 0 radical (unpaired) electrons. The maximum atomic E-state index is 5.93. The lowest BCUT2D eigenvalue weighted by Crippen LogP contribution is -2.36. The highest BCUT2D eigenvalue weighted by atomic mass is 16.5. The third-order valence-electron chi connectivity index (χ3n) is 4.48. The molecule has 0 aromatic heterocycles. The van der Waals surface area contributed by atoms with Gasteiger partial charge < -0.3 is 10.1 Å². The highest BCUT2D eigenvalue weighted by Crippen LogP contribution is 2.24. The van der Waals surface area contributed by atoms with Crippen LogP contribution in [0.4, 0.5) is 0 Å². The number of hydrogen-bond acceptors (Lipinski definition) is 2. The summed E-state index contributed by atoms with van der Waals surface area (Å²) in [5, 5.41) is 3.65. The van der Waals surface area contributed by atoms with Crippen LogP contribution in [0, 0.1) is 12.8 Å². The monoisotopic (exact) mass is 289 g/mol. The van der Waals surface area contributed by atoms with Gasteiger partial charge in [0.25, 0.3) is 0 Å². The molecule has 0 spiro atoms. The molecule has 1 aromatic rings. The van der Waals surface area contributed by atoms with E-state index in [0.29, 0.717) is 12.0 Å². The van der Waals surface area contributed by atoms with Crippen molar-refractivity contribution >= 4 is 0 Å². The summed E-state index contributed by atoms with van der Waals surface area (Å²) in [6, 6.07) is 7.26. The summed E-state index contributed by atoms with van der Waals surface area (Å²) in [7, 11) is 0. The van der Waals surface area contributed by atoms with Crippen LogP contribution < -0.4 is 10.1 Å². The van der Waals surface area contributed by atoms with E-state index in [9.17, 15) is 0 Å². The largest absolute Gasteiger partial charge is 0.492 e. The molecule has 0 saturated heterocycles. The van der Waals surface area contributed by atoms with Crippen molar-refractivity contribution in [3.8, 4) is 5.75 Å². The van der Waals surface area contributed by atoms with Crippen LogP contribution in [0.5, 0.6) is 5.75 Å². The van der Waals surface area contributed by atoms with Crippen molar-refractivity contribution in [2.24, 2.45) is 5.92 Å². The second-order valence-corrected chi connectivity index (χ2v) is 7.01. The Balaban J connectivity index is 1.75. The molecule has 0 aliphatic heterocycles. The first-order chi connectivity index (χ1) is 10.0. The number of benzene rings is 1.